The Kier molecular flexibility index (Phi) is 5.36. The highest BCUT2D eigenvalue weighted by atomic mass is 16.5. The van der Waals surface area contributed by atoms with Crippen LogP contribution in [-0.2, 0) is 16.1 Å². The topological polar surface area (TPSA) is 56.3 Å². The molecular formula is C13H21N3O2. The van der Waals surface area contributed by atoms with E-state index < -0.39 is 0 Å². The molecule has 1 unspecified atom stereocenters. The van der Waals surface area contributed by atoms with Crippen LogP contribution in [0, 0.1) is 5.92 Å². The molecule has 0 bridgehead atoms. The van der Waals surface area contributed by atoms with Gasteiger partial charge >= 0.3 is 0 Å². The normalized spacial score (nSPS) is 19.1. The number of nitrogens with one attached hydrogen (secondary N) is 1. The van der Waals surface area contributed by atoms with Crippen molar-refractivity contribution in [2.45, 2.75) is 26.4 Å². The van der Waals surface area contributed by atoms with Gasteiger partial charge in [0.1, 0.15) is 5.82 Å². The first kappa shape index (κ1) is 13.2. The van der Waals surface area contributed by atoms with Crippen LogP contribution < -0.4 is 5.32 Å². The minimum atomic E-state index is 0.525. The summed E-state index contributed by atoms with van der Waals surface area (Å²) in [6.07, 6.45) is 5.71. The summed E-state index contributed by atoms with van der Waals surface area (Å²) in [5.74, 6) is 1.37. The Hall–Kier alpha value is -1.20. The quantitative estimate of drug-likeness (QED) is 0.801. The molecule has 0 aromatic carbocycles. The average molecular weight is 251 g/mol. The molecule has 100 valence electrons. The first-order chi connectivity index (χ1) is 8.88. The number of hydrogen-bond donors (Lipinski definition) is 1. The number of ether oxygens (including phenoxy) is 2. The van der Waals surface area contributed by atoms with E-state index >= 15 is 0 Å². The molecule has 5 heteroatoms. The molecule has 0 aliphatic carbocycles. The van der Waals surface area contributed by atoms with E-state index in [9.17, 15) is 0 Å². The summed E-state index contributed by atoms with van der Waals surface area (Å²) in [5, 5.41) is 3.19. The predicted molar refractivity (Wildman–Crippen MR) is 69.4 cm³/mol. The van der Waals surface area contributed by atoms with Gasteiger partial charge in [-0.15, -0.1) is 0 Å². The fourth-order valence-electron chi connectivity index (χ4n) is 1.82. The van der Waals surface area contributed by atoms with Crippen LogP contribution in [0.3, 0.4) is 0 Å². The van der Waals surface area contributed by atoms with Gasteiger partial charge in [-0.3, -0.25) is 4.98 Å². The molecule has 2 heterocycles. The molecule has 0 saturated carbocycles. The standard InChI is InChI=1S/C13H21N3O2/c1-2-4-14-13-7-15-12(6-16-13)10-18-9-11-3-5-17-8-11/h6-7,11H,2-5,8-10H2,1H3,(H,14,16). The monoisotopic (exact) mass is 251 g/mol. The third kappa shape index (κ3) is 4.23. The number of rotatable bonds is 7. The zero-order valence-corrected chi connectivity index (χ0v) is 10.9. The Morgan fingerprint density at radius 3 is 3.06 bits per heavy atom. The summed E-state index contributed by atoms with van der Waals surface area (Å²) >= 11 is 0. The van der Waals surface area contributed by atoms with Crippen LogP contribution in [0.1, 0.15) is 25.5 Å². The van der Waals surface area contributed by atoms with Crippen molar-refractivity contribution in [3.05, 3.63) is 18.1 Å². The van der Waals surface area contributed by atoms with Gasteiger partial charge in [0.15, 0.2) is 0 Å². The summed E-state index contributed by atoms with van der Waals surface area (Å²) in [5.41, 5.74) is 0.871. The smallest absolute Gasteiger partial charge is 0.144 e. The van der Waals surface area contributed by atoms with Gasteiger partial charge in [-0.05, 0) is 12.8 Å². The zero-order valence-electron chi connectivity index (χ0n) is 10.9. The van der Waals surface area contributed by atoms with Crippen molar-refractivity contribution in [2.24, 2.45) is 5.92 Å². The van der Waals surface area contributed by atoms with Crippen LogP contribution >= 0.6 is 0 Å². The minimum Gasteiger partial charge on any atom is -0.381 e. The van der Waals surface area contributed by atoms with Gasteiger partial charge in [0.25, 0.3) is 0 Å². The second kappa shape index (κ2) is 7.28. The van der Waals surface area contributed by atoms with E-state index in [1.807, 2.05) is 0 Å². The van der Waals surface area contributed by atoms with Gasteiger partial charge in [0, 0.05) is 19.1 Å². The molecule has 1 N–H and O–H groups in total. The highest BCUT2D eigenvalue weighted by Gasteiger charge is 2.15. The highest BCUT2D eigenvalue weighted by molar-refractivity contribution is 5.30. The number of hydrogen-bond acceptors (Lipinski definition) is 5. The lowest BCUT2D eigenvalue weighted by atomic mass is 10.1. The van der Waals surface area contributed by atoms with Gasteiger partial charge in [-0.25, -0.2) is 4.98 Å². The Labute approximate surface area is 108 Å². The number of anilines is 1. The number of aromatic nitrogens is 2. The molecule has 1 aliphatic rings. The molecule has 1 aromatic rings. The molecule has 0 radical (unpaired) electrons. The van der Waals surface area contributed by atoms with Crippen molar-refractivity contribution in [2.75, 3.05) is 31.7 Å². The van der Waals surface area contributed by atoms with E-state index in [-0.39, 0.29) is 0 Å². The minimum absolute atomic E-state index is 0.525. The van der Waals surface area contributed by atoms with Crippen molar-refractivity contribution < 1.29 is 9.47 Å². The zero-order chi connectivity index (χ0) is 12.6. The lowest BCUT2D eigenvalue weighted by Crippen LogP contribution is -2.10. The van der Waals surface area contributed by atoms with E-state index in [4.69, 9.17) is 9.47 Å². The van der Waals surface area contributed by atoms with Crippen LogP contribution in [0.25, 0.3) is 0 Å². The Bertz CT molecular complexity index is 337. The van der Waals surface area contributed by atoms with Crippen LogP contribution in [-0.4, -0.2) is 36.3 Å². The van der Waals surface area contributed by atoms with Gasteiger partial charge in [0.2, 0.25) is 0 Å². The first-order valence-electron chi connectivity index (χ1n) is 6.58. The van der Waals surface area contributed by atoms with Gasteiger partial charge < -0.3 is 14.8 Å². The maximum Gasteiger partial charge on any atom is 0.144 e. The van der Waals surface area contributed by atoms with E-state index in [2.05, 4.69) is 22.2 Å². The third-order valence-corrected chi connectivity index (χ3v) is 2.89. The summed E-state index contributed by atoms with van der Waals surface area (Å²) < 4.78 is 10.9. The molecule has 0 spiro atoms. The maximum atomic E-state index is 5.62. The third-order valence-electron chi connectivity index (χ3n) is 2.89. The summed E-state index contributed by atoms with van der Waals surface area (Å²) in [6.45, 7) is 6.01. The van der Waals surface area contributed by atoms with E-state index in [1.54, 1.807) is 12.4 Å². The fraction of sp³-hybridized carbons (Fsp3) is 0.692. The SMILES string of the molecule is CCCNc1cnc(COCC2CCOC2)cn1. The van der Waals surface area contributed by atoms with Gasteiger partial charge in [-0.2, -0.15) is 0 Å². The summed E-state index contributed by atoms with van der Waals surface area (Å²) in [6, 6.07) is 0. The average Bonchev–Trinajstić information content (AvgIpc) is 2.91. The first-order valence-corrected chi connectivity index (χ1v) is 6.58. The Morgan fingerprint density at radius 1 is 1.44 bits per heavy atom. The van der Waals surface area contributed by atoms with Crippen molar-refractivity contribution in [3.8, 4) is 0 Å². The summed E-state index contributed by atoms with van der Waals surface area (Å²) in [4.78, 5) is 8.60. The molecule has 1 aromatic heterocycles. The molecule has 1 aliphatic heterocycles. The Morgan fingerprint density at radius 2 is 2.39 bits per heavy atom. The molecule has 2 rings (SSSR count). The van der Waals surface area contributed by atoms with Crippen LogP contribution in [0.5, 0.6) is 0 Å². The second-order valence-electron chi connectivity index (χ2n) is 4.56. The fourth-order valence-corrected chi connectivity index (χ4v) is 1.82. The molecule has 1 saturated heterocycles. The lowest BCUT2D eigenvalue weighted by molar-refractivity contribution is 0.0771. The Balaban J connectivity index is 1.68. The molecule has 5 nitrogen and oxygen atoms in total. The molecular weight excluding hydrogens is 230 g/mol. The van der Waals surface area contributed by atoms with Gasteiger partial charge in [0.05, 0.1) is 37.9 Å². The van der Waals surface area contributed by atoms with Gasteiger partial charge in [-0.1, -0.05) is 6.92 Å². The van der Waals surface area contributed by atoms with Crippen molar-refractivity contribution in [1.82, 2.24) is 9.97 Å². The van der Waals surface area contributed by atoms with E-state index in [0.717, 1.165) is 50.7 Å². The van der Waals surface area contributed by atoms with E-state index in [1.165, 1.54) is 0 Å². The van der Waals surface area contributed by atoms with E-state index in [0.29, 0.717) is 12.5 Å². The molecule has 1 fully saturated rings. The van der Waals surface area contributed by atoms with Crippen molar-refractivity contribution in [3.63, 3.8) is 0 Å². The molecule has 0 amide bonds. The maximum absolute atomic E-state index is 5.62. The predicted octanol–water partition coefficient (Wildman–Crippen LogP) is 1.85. The largest absolute Gasteiger partial charge is 0.381 e. The van der Waals surface area contributed by atoms with Crippen molar-refractivity contribution >= 4 is 5.82 Å². The van der Waals surface area contributed by atoms with Crippen LogP contribution in [0.4, 0.5) is 5.82 Å². The summed E-state index contributed by atoms with van der Waals surface area (Å²) in [7, 11) is 0. The molecule has 1 atom stereocenters. The molecule has 18 heavy (non-hydrogen) atoms. The highest BCUT2D eigenvalue weighted by Crippen LogP contribution is 2.13. The lowest BCUT2D eigenvalue weighted by Gasteiger charge is -2.08. The van der Waals surface area contributed by atoms with Crippen molar-refractivity contribution in [1.29, 1.82) is 0 Å². The van der Waals surface area contributed by atoms with Crippen LogP contribution in [0.15, 0.2) is 12.4 Å². The number of nitrogens with zero attached hydrogens (tertiary/aromatic N) is 2. The van der Waals surface area contributed by atoms with Crippen LogP contribution in [0.2, 0.25) is 0 Å². The second-order valence-corrected chi connectivity index (χ2v) is 4.56.